The average molecular weight is 159 g/mol. The molecule has 10 heavy (non-hydrogen) atoms. The van der Waals surface area contributed by atoms with Crippen LogP contribution in [0.3, 0.4) is 0 Å². The van der Waals surface area contributed by atoms with Gasteiger partial charge in [0.1, 0.15) is 0 Å². The van der Waals surface area contributed by atoms with Crippen LogP contribution < -0.4 is 5.32 Å². The highest BCUT2D eigenvalue weighted by atomic mass is 32.1. The van der Waals surface area contributed by atoms with E-state index in [1.54, 1.807) is 0 Å². The van der Waals surface area contributed by atoms with Crippen molar-refractivity contribution in [1.29, 1.82) is 0 Å². The van der Waals surface area contributed by atoms with Gasteiger partial charge in [0, 0.05) is 18.3 Å². The summed E-state index contributed by atoms with van der Waals surface area (Å²) in [6.07, 6.45) is 7.05. The van der Waals surface area contributed by atoms with Crippen molar-refractivity contribution >= 4 is 12.6 Å². The number of hydrogen-bond donors (Lipinski definition) is 2. The van der Waals surface area contributed by atoms with E-state index < -0.39 is 0 Å². The van der Waals surface area contributed by atoms with Gasteiger partial charge in [-0.05, 0) is 12.8 Å². The molecule has 0 aromatic carbocycles. The first-order chi connectivity index (χ1) is 4.93. The van der Waals surface area contributed by atoms with Gasteiger partial charge in [-0.1, -0.05) is 19.3 Å². The molecule has 1 rings (SSSR count). The van der Waals surface area contributed by atoms with Gasteiger partial charge in [-0.3, -0.25) is 0 Å². The van der Waals surface area contributed by atoms with Gasteiger partial charge >= 0.3 is 0 Å². The lowest BCUT2D eigenvalue weighted by Gasteiger charge is -2.22. The summed E-state index contributed by atoms with van der Waals surface area (Å²) < 4.78 is 0. The van der Waals surface area contributed by atoms with Gasteiger partial charge in [-0.25, -0.2) is 0 Å². The van der Waals surface area contributed by atoms with Crippen LogP contribution in [0.1, 0.15) is 32.1 Å². The van der Waals surface area contributed by atoms with Gasteiger partial charge in [-0.2, -0.15) is 12.6 Å². The molecule has 1 aliphatic carbocycles. The van der Waals surface area contributed by atoms with E-state index in [2.05, 4.69) is 17.9 Å². The maximum atomic E-state index is 4.16. The molecule has 1 nitrogen and oxygen atoms in total. The number of nitrogens with one attached hydrogen (secondary N) is 1. The zero-order valence-corrected chi connectivity index (χ0v) is 7.37. The third-order valence-corrected chi connectivity index (χ3v) is 2.37. The summed E-state index contributed by atoms with van der Waals surface area (Å²) in [5, 5.41) is 3.49. The second-order valence-electron chi connectivity index (χ2n) is 3.01. The molecular weight excluding hydrogens is 142 g/mol. The van der Waals surface area contributed by atoms with E-state index in [0.29, 0.717) is 0 Å². The Kier molecular flexibility index (Phi) is 4.23. The third-order valence-electron chi connectivity index (χ3n) is 2.15. The summed E-state index contributed by atoms with van der Waals surface area (Å²) in [6, 6.07) is 0.806. The van der Waals surface area contributed by atoms with Gasteiger partial charge in [0.15, 0.2) is 0 Å². The van der Waals surface area contributed by atoms with Crippen LogP contribution in [-0.4, -0.2) is 18.3 Å². The van der Waals surface area contributed by atoms with Crippen LogP contribution >= 0.6 is 12.6 Å². The summed E-state index contributed by atoms with van der Waals surface area (Å²) in [7, 11) is 0. The zero-order chi connectivity index (χ0) is 7.23. The van der Waals surface area contributed by atoms with Crippen molar-refractivity contribution in [2.45, 2.75) is 38.1 Å². The first-order valence-electron chi connectivity index (χ1n) is 4.27. The Morgan fingerprint density at radius 1 is 1.20 bits per heavy atom. The fraction of sp³-hybridized carbons (Fsp3) is 1.00. The molecule has 0 unspecified atom stereocenters. The summed E-state index contributed by atoms with van der Waals surface area (Å²) in [4.78, 5) is 0. The summed E-state index contributed by atoms with van der Waals surface area (Å²) >= 11 is 4.16. The molecule has 1 N–H and O–H groups in total. The topological polar surface area (TPSA) is 12.0 Å². The molecule has 0 spiro atoms. The second-order valence-corrected chi connectivity index (χ2v) is 3.46. The molecular formula is C8H17NS. The quantitative estimate of drug-likeness (QED) is 0.599. The van der Waals surface area contributed by atoms with Crippen molar-refractivity contribution in [3.05, 3.63) is 0 Å². The molecule has 0 bridgehead atoms. The van der Waals surface area contributed by atoms with E-state index in [9.17, 15) is 0 Å². The molecule has 0 radical (unpaired) electrons. The fourth-order valence-electron chi connectivity index (χ4n) is 1.58. The van der Waals surface area contributed by atoms with Crippen LogP contribution in [-0.2, 0) is 0 Å². The molecule has 0 aromatic rings. The van der Waals surface area contributed by atoms with Crippen LogP contribution in [0.5, 0.6) is 0 Å². The normalized spacial score (nSPS) is 21.3. The molecule has 2 heteroatoms. The monoisotopic (exact) mass is 159 g/mol. The average Bonchev–Trinajstić information content (AvgIpc) is 2.03. The van der Waals surface area contributed by atoms with Crippen LogP contribution in [0.25, 0.3) is 0 Å². The van der Waals surface area contributed by atoms with E-state index in [0.717, 1.165) is 18.3 Å². The van der Waals surface area contributed by atoms with Crippen molar-refractivity contribution < 1.29 is 0 Å². The smallest absolute Gasteiger partial charge is 0.00673 e. The van der Waals surface area contributed by atoms with Crippen molar-refractivity contribution in [2.75, 3.05) is 12.3 Å². The summed E-state index contributed by atoms with van der Waals surface area (Å²) in [5.41, 5.74) is 0. The Bertz CT molecular complexity index is 79.3. The maximum absolute atomic E-state index is 4.16. The highest BCUT2D eigenvalue weighted by molar-refractivity contribution is 7.80. The van der Waals surface area contributed by atoms with Gasteiger partial charge in [0.2, 0.25) is 0 Å². The number of thiol groups is 1. The van der Waals surface area contributed by atoms with Crippen molar-refractivity contribution in [2.24, 2.45) is 0 Å². The largest absolute Gasteiger partial charge is 0.313 e. The third kappa shape index (κ3) is 2.93. The predicted molar refractivity (Wildman–Crippen MR) is 48.7 cm³/mol. The van der Waals surface area contributed by atoms with Crippen LogP contribution in [0.4, 0.5) is 0 Å². The van der Waals surface area contributed by atoms with Gasteiger partial charge in [0.25, 0.3) is 0 Å². The van der Waals surface area contributed by atoms with E-state index >= 15 is 0 Å². The lowest BCUT2D eigenvalue weighted by Crippen LogP contribution is -2.32. The summed E-state index contributed by atoms with van der Waals surface area (Å²) in [6.45, 7) is 1.08. The SMILES string of the molecule is SCCNC1CCCCC1. The Balaban J connectivity index is 2.02. The minimum atomic E-state index is 0.806. The minimum absolute atomic E-state index is 0.806. The lowest BCUT2D eigenvalue weighted by molar-refractivity contribution is 0.381. The van der Waals surface area contributed by atoms with Crippen LogP contribution in [0.15, 0.2) is 0 Å². The molecule has 0 atom stereocenters. The van der Waals surface area contributed by atoms with Crippen molar-refractivity contribution in [3.63, 3.8) is 0 Å². The molecule has 0 heterocycles. The molecule has 0 saturated heterocycles. The van der Waals surface area contributed by atoms with E-state index in [4.69, 9.17) is 0 Å². The first kappa shape index (κ1) is 8.41. The summed E-state index contributed by atoms with van der Waals surface area (Å²) in [5.74, 6) is 0.969. The van der Waals surface area contributed by atoms with Crippen molar-refractivity contribution in [3.8, 4) is 0 Å². The first-order valence-corrected chi connectivity index (χ1v) is 4.91. The van der Waals surface area contributed by atoms with Gasteiger partial charge < -0.3 is 5.32 Å². The van der Waals surface area contributed by atoms with Crippen molar-refractivity contribution in [1.82, 2.24) is 5.32 Å². The fourth-order valence-corrected chi connectivity index (χ4v) is 1.70. The maximum Gasteiger partial charge on any atom is 0.00673 e. The van der Waals surface area contributed by atoms with Gasteiger partial charge in [-0.15, -0.1) is 0 Å². The zero-order valence-electron chi connectivity index (χ0n) is 6.47. The standard InChI is InChI=1S/C8H17NS/c10-7-6-9-8-4-2-1-3-5-8/h8-10H,1-7H2. The Morgan fingerprint density at radius 2 is 1.90 bits per heavy atom. The highest BCUT2D eigenvalue weighted by Crippen LogP contribution is 2.16. The molecule has 1 fully saturated rings. The minimum Gasteiger partial charge on any atom is -0.313 e. The number of rotatable bonds is 3. The second kappa shape index (κ2) is 5.03. The molecule has 1 aliphatic rings. The molecule has 0 aromatic heterocycles. The predicted octanol–water partition coefficient (Wildman–Crippen LogP) is 1.84. The lowest BCUT2D eigenvalue weighted by atomic mass is 9.96. The van der Waals surface area contributed by atoms with E-state index in [-0.39, 0.29) is 0 Å². The van der Waals surface area contributed by atoms with E-state index in [1.807, 2.05) is 0 Å². The Morgan fingerprint density at radius 3 is 2.50 bits per heavy atom. The van der Waals surface area contributed by atoms with Crippen LogP contribution in [0, 0.1) is 0 Å². The van der Waals surface area contributed by atoms with Crippen LogP contribution in [0.2, 0.25) is 0 Å². The van der Waals surface area contributed by atoms with E-state index in [1.165, 1.54) is 32.1 Å². The molecule has 1 saturated carbocycles. The Hall–Kier alpha value is 0.310. The van der Waals surface area contributed by atoms with Gasteiger partial charge in [0.05, 0.1) is 0 Å². The Labute approximate surface area is 69.0 Å². The molecule has 0 aliphatic heterocycles. The molecule has 0 amide bonds. The number of hydrogen-bond acceptors (Lipinski definition) is 2. The molecule has 60 valence electrons. The highest BCUT2D eigenvalue weighted by Gasteiger charge is 2.10.